The van der Waals surface area contributed by atoms with Crippen molar-refractivity contribution in [2.75, 3.05) is 0 Å². The summed E-state index contributed by atoms with van der Waals surface area (Å²) in [6.07, 6.45) is 5.86. The number of hydrogen-bond acceptors (Lipinski definition) is 1. The van der Waals surface area contributed by atoms with E-state index in [-0.39, 0.29) is 5.41 Å². The second-order valence-corrected chi connectivity index (χ2v) is 5.48. The minimum absolute atomic E-state index is 0.160. The molecule has 2 aliphatic carbocycles. The van der Waals surface area contributed by atoms with Crippen molar-refractivity contribution in [3.63, 3.8) is 0 Å². The Balaban J connectivity index is 2.41. The van der Waals surface area contributed by atoms with Crippen LogP contribution < -0.4 is 0 Å². The summed E-state index contributed by atoms with van der Waals surface area (Å²) in [5.41, 5.74) is 1.19. The molecular weight excluding hydrogens is 228 g/mol. The van der Waals surface area contributed by atoms with Gasteiger partial charge in [0.1, 0.15) is 0 Å². The van der Waals surface area contributed by atoms with Crippen molar-refractivity contribution < 1.29 is 4.79 Å². The first-order valence-corrected chi connectivity index (χ1v) is 5.40. The number of halogens is 1. The zero-order chi connectivity index (χ0) is 9.64. The molecule has 0 amide bonds. The Labute approximate surface area is 87.0 Å². The molecule has 2 heteroatoms. The van der Waals surface area contributed by atoms with Gasteiger partial charge in [-0.1, -0.05) is 35.9 Å². The molecule has 0 aromatic heterocycles. The van der Waals surface area contributed by atoms with Crippen LogP contribution in [-0.2, 0) is 4.79 Å². The average Bonchev–Trinajstić information content (AvgIpc) is 2.22. The molecule has 1 fully saturated rings. The highest BCUT2D eigenvalue weighted by Gasteiger charge is 2.43. The largest absolute Gasteiger partial charge is 0.295 e. The van der Waals surface area contributed by atoms with E-state index in [1.807, 2.05) is 6.08 Å². The highest BCUT2D eigenvalue weighted by molar-refractivity contribution is 9.11. The number of fused-ring (bicyclic) bond motifs is 1. The van der Waals surface area contributed by atoms with Crippen LogP contribution in [0, 0.1) is 11.3 Å². The minimum Gasteiger partial charge on any atom is -0.295 e. The maximum atomic E-state index is 11.7. The molecule has 1 saturated carbocycles. The summed E-state index contributed by atoms with van der Waals surface area (Å²) in [5, 5.41) is 0. The molecule has 0 spiro atoms. The number of hydrogen-bond donors (Lipinski definition) is 0. The molecule has 1 nitrogen and oxygen atoms in total. The Morgan fingerprint density at radius 1 is 1.54 bits per heavy atom. The fourth-order valence-electron chi connectivity index (χ4n) is 2.32. The Hall–Kier alpha value is -0.370. The number of rotatable bonds is 0. The smallest absolute Gasteiger partial charge is 0.159 e. The van der Waals surface area contributed by atoms with E-state index in [2.05, 4.69) is 35.9 Å². The van der Waals surface area contributed by atoms with Crippen molar-refractivity contribution in [1.29, 1.82) is 0 Å². The van der Waals surface area contributed by atoms with Crippen LogP contribution in [-0.4, -0.2) is 5.78 Å². The normalized spacial score (nSPS) is 31.0. The van der Waals surface area contributed by atoms with Gasteiger partial charge in [0.15, 0.2) is 5.78 Å². The van der Waals surface area contributed by atoms with E-state index in [0.717, 1.165) is 16.5 Å². The summed E-state index contributed by atoms with van der Waals surface area (Å²) in [6.45, 7) is 4.37. The molecule has 70 valence electrons. The molecule has 0 aliphatic heterocycles. The minimum atomic E-state index is 0.160. The van der Waals surface area contributed by atoms with Gasteiger partial charge in [0.25, 0.3) is 0 Å². The third-order valence-electron chi connectivity index (χ3n) is 3.10. The van der Waals surface area contributed by atoms with E-state index < -0.39 is 0 Å². The van der Waals surface area contributed by atoms with E-state index in [4.69, 9.17) is 0 Å². The summed E-state index contributed by atoms with van der Waals surface area (Å²) >= 11 is 3.42. The number of carbonyl (C=O) groups excluding carboxylic acids is 1. The molecule has 13 heavy (non-hydrogen) atoms. The molecule has 0 saturated heterocycles. The summed E-state index contributed by atoms with van der Waals surface area (Å²) in [7, 11) is 0. The van der Waals surface area contributed by atoms with Crippen molar-refractivity contribution in [3.8, 4) is 0 Å². The Morgan fingerprint density at radius 3 is 2.92 bits per heavy atom. The first kappa shape index (κ1) is 9.20. The molecule has 0 aromatic carbocycles. The van der Waals surface area contributed by atoms with Crippen LogP contribution in [0.25, 0.3) is 0 Å². The van der Waals surface area contributed by atoms with Crippen LogP contribution in [0.5, 0.6) is 0 Å². The molecule has 2 aliphatic rings. The fraction of sp³-hybridized carbons (Fsp3) is 0.545. The number of Topliss-reactive ketones (excluding diaryl/α,β-unsaturated/α-hetero) is 1. The fourth-order valence-corrected chi connectivity index (χ4v) is 2.75. The lowest BCUT2D eigenvalue weighted by Gasteiger charge is -2.27. The summed E-state index contributed by atoms with van der Waals surface area (Å²) < 4.78 is 1.06. The van der Waals surface area contributed by atoms with E-state index in [0.29, 0.717) is 18.1 Å². The number of allylic oxidation sites excluding steroid dienone is 4. The maximum Gasteiger partial charge on any atom is 0.159 e. The van der Waals surface area contributed by atoms with Crippen molar-refractivity contribution in [3.05, 3.63) is 22.2 Å². The zero-order valence-electron chi connectivity index (χ0n) is 7.93. The number of ketones is 1. The predicted molar refractivity (Wildman–Crippen MR) is 56.6 cm³/mol. The van der Waals surface area contributed by atoms with Gasteiger partial charge in [0, 0.05) is 16.5 Å². The first-order chi connectivity index (χ1) is 6.00. The quantitative estimate of drug-likeness (QED) is 0.636. The second kappa shape index (κ2) is 2.81. The van der Waals surface area contributed by atoms with Crippen LogP contribution in [0.15, 0.2) is 22.2 Å². The molecule has 1 unspecified atom stereocenters. The van der Waals surface area contributed by atoms with Crippen molar-refractivity contribution in [1.82, 2.24) is 0 Å². The van der Waals surface area contributed by atoms with Crippen LogP contribution in [0.1, 0.15) is 26.7 Å². The number of carbonyl (C=O) groups is 1. The molecule has 0 N–H and O–H groups in total. The monoisotopic (exact) mass is 240 g/mol. The molecule has 2 rings (SSSR count). The summed E-state index contributed by atoms with van der Waals surface area (Å²) in [4.78, 5) is 11.7. The van der Waals surface area contributed by atoms with Crippen molar-refractivity contribution in [2.45, 2.75) is 26.7 Å². The lowest BCUT2D eigenvalue weighted by atomic mass is 9.77. The van der Waals surface area contributed by atoms with E-state index in [9.17, 15) is 4.79 Å². The van der Waals surface area contributed by atoms with Gasteiger partial charge in [-0.2, -0.15) is 0 Å². The van der Waals surface area contributed by atoms with Gasteiger partial charge in [-0.05, 0) is 23.8 Å². The van der Waals surface area contributed by atoms with Gasteiger partial charge >= 0.3 is 0 Å². The lowest BCUT2D eigenvalue weighted by Crippen LogP contribution is -2.18. The van der Waals surface area contributed by atoms with Gasteiger partial charge in [-0.3, -0.25) is 4.79 Å². The van der Waals surface area contributed by atoms with Gasteiger partial charge in [0.05, 0.1) is 0 Å². The van der Waals surface area contributed by atoms with E-state index in [1.165, 1.54) is 0 Å². The lowest BCUT2D eigenvalue weighted by molar-refractivity contribution is -0.115. The molecule has 0 bridgehead atoms. The van der Waals surface area contributed by atoms with Crippen LogP contribution >= 0.6 is 15.9 Å². The van der Waals surface area contributed by atoms with Crippen molar-refractivity contribution >= 4 is 21.7 Å². The first-order valence-electron chi connectivity index (χ1n) is 4.61. The third kappa shape index (κ3) is 1.41. The SMILES string of the molecule is CC1(C)CC(=O)C2=CC(Br)=CCC21. The van der Waals surface area contributed by atoms with Crippen LogP contribution in [0.3, 0.4) is 0 Å². The van der Waals surface area contributed by atoms with E-state index >= 15 is 0 Å². The maximum absolute atomic E-state index is 11.7. The molecule has 0 aromatic rings. The molecule has 0 heterocycles. The summed E-state index contributed by atoms with van der Waals surface area (Å²) in [6, 6.07) is 0. The Kier molecular flexibility index (Phi) is 1.99. The Morgan fingerprint density at radius 2 is 2.23 bits per heavy atom. The second-order valence-electron chi connectivity index (χ2n) is 4.57. The van der Waals surface area contributed by atoms with Gasteiger partial charge < -0.3 is 0 Å². The van der Waals surface area contributed by atoms with Crippen LogP contribution in [0.2, 0.25) is 0 Å². The Bertz CT molecular complexity index is 323. The standard InChI is InChI=1S/C11H13BrO/c1-11(2)6-10(13)8-5-7(12)3-4-9(8)11/h3,5,9H,4,6H2,1-2H3. The van der Waals surface area contributed by atoms with Gasteiger partial charge in [0.2, 0.25) is 0 Å². The predicted octanol–water partition coefficient (Wildman–Crippen LogP) is 3.21. The highest BCUT2D eigenvalue weighted by atomic mass is 79.9. The van der Waals surface area contributed by atoms with E-state index in [1.54, 1.807) is 0 Å². The molecule has 0 radical (unpaired) electrons. The van der Waals surface area contributed by atoms with Crippen molar-refractivity contribution in [2.24, 2.45) is 11.3 Å². The topological polar surface area (TPSA) is 17.1 Å². The van der Waals surface area contributed by atoms with Crippen LogP contribution in [0.4, 0.5) is 0 Å². The van der Waals surface area contributed by atoms with Gasteiger partial charge in [-0.25, -0.2) is 0 Å². The zero-order valence-corrected chi connectivity index (χ0v) is 9.52. The summed E-state index contributed by atoms with van der Waals surface area (Å²) in [5.74, 6) is 0.779. The third-order valence-corrected chi connectivity index (χ3v) is 3.65. The average molecular weight is 241 g/mol. The van der Waals surface area contributed by atoms with Gasteiger partial charge in [-0.15, -0.1) is 0 Å². The highest BCUT2D eigenvalue weighted by Crippen LogP contribution is 2.48. The molecule has 1 atom stereocenters. The molecular formula is C11H13BrO.